The van der Waals surface area contributed by atoms with Crippen molar-refractivity contribution in [3.05, 3.63) is 52.0 Å². The van der Waals surface area contributed by atoms with Gasteiger partial charge < -0.3 is 14.5 Å². The van der Waals surface area contributed by atoms with Gasteiger partial charge in [-0.1, -0.05) is 45.9 Å². The highest BCUT2D eigenvalue weighted by molar-refractivity contribution is 5.97. The van der Waals surface area contributed by atoms with E-state index in [1.807, 2.05) is 18.2 Å². The largest absolute Gasteiger partial charge is 0.465 e. The summed E-state index contributed by atoms with van der Waals surface area (Å²) in [6, 6.07) is 6.03. The average molecular weight is 371 g/mol. The Kier molecular flexibility index (Phi) is 6.47. The highest BCUT2D eigenvalue weighted by atomic mass is 16.5. The van der Waals surface area contributed by atoms with Crippen LogP contribution in [0.3, 0.4) is 0 Å². The molecule has 0 unspecified atom stereocenters. The molecular formula is C22H29NO4. The second-order valence-electron chi connectivity index (χ2n) is 7.46. The minimum absolute atomic E-state index is 0.265. The maximum atomic E-state index is 12.5. The molecule has 0 fully saturated rings. The van der Waals surface area contributed by atoms with Gasteiger partial charge in [0.1, 0.15) is 17.1 Å². The number of nitrogens with one attached hydrogen (secondary N) is 1. The van der Waals surface area contributed by atoms with Crippen LogP contribution in [0.2, 0.25) is 0 Å². The molecule has 0 aliphatic rings. The van der Waals surface area contributed by atoms with Gasteiger partial charge in [0.2, 0.25) is 0 Å². The molecule has 1 aromatic carbocycles. The van der Waals surface area contributed by atoms with Crippen LogP contribution in [0.15, 0.2) is 22.6 Å². The van der Waals surface area contributed by atoms with Gasteiger partial charge in [0, 0.05) is 11.3 Å². The van der Waals surface area contributed by atoms with Crippen LogP contribution in [0.1, 0.15) is 78.1 Å². The van der Waals surface area contributed by atoms with Crippen LogP contribution in [0.5, 0.6) is 0 Å². The number of hydrogen-bond acceptors (Lipinski definition) is 4. The summed E-state index contributed by atoms with van der Waals surface area (Å²) in [5.41, 5.74) is 4.09. The first kappa shape index (κ1) is 20.7. The molecule has 0 aliphatic carbocycles. The lowest BCUT2D eigenvalue weighted by Crippen LogP contribution is -2.23. The van der Waals surface area contributed by atoms with Gasteiger partial charge in [-0.3, -0.25) is 4.79 Å². The molecule has 0 atom stereocenters. The van der Waals surface area contributed by atoms with E-state index in [0.717, 1.165) is 22.4 Å². The van der Waals surface area contributed by atoms with E-state index < -0.39 is 5.97 Å². The molecule has 0 bridgehead atoms. The van der Waals surface area contributed by atoms with Crippen LogP contribution in [0, 0.1) is 20.8 Å². The number of furan rings is 1. The van der Waals surface area contributed by atoms with Crippen molar-refractivity contribution in [1.29, 1.82) is 0 Å². The molecule has 1 N–H and O–H groups in total. The predicted octanol–water partition coefficient (Wildman–Crippen LogP) is 5.25. The van der Waals surface area contributed by atoms with Gasteiger partial charge in [-0.15, -0.1) is 0 Å². The zero-order chi connectivity index (χ0) is 20.3. The van der Waals surface area contributed by atoms with Gasteiger partial charge in [-0.2, -0.15) is 0 Å². The zero-order valence-electron chi connectivity index (χ0n) is 17.2. The monoisotopic (exact) mass is 371 g/mol. The highest BCUT2D eigenvalue weighted by Gasteiger charge is 2.21. The van der Waals surface area contributed by atoms with Crippen LogP contribution in [-0.4, -0.2) is 18.5 Å². The van der Waals surface area contributed by atoms with Crippen molar-refractivity contribution >= 4 is 17.6 Å². The van der Waals surface area contributed by atoms with E-state index in [0.29, 0.717) is 17.1 Å². The van der Waals surface area contributed by atoms with Gasteiger partial charge >= 0.3 is 5.97 Å². The summed E-state index contributed by atoms with van der Waals surface area (Å²) in [6.45, 7) is 13.3. The maximum Gasteiger partial charge on any atom is 0.342 e. The molecule has 0 saturated carbocycles. The molecule has 27 heavy (non-hydrogen) atoms. The minimum atomic E-state index is -0.543. The Morgan fingerprint density at radius 3 is 2.00 bits per heavy atom. The number of ether oxygens (including phenoxy) is 1. The molecule has 1 aromatic heterocycles. The summed E-state index contributed by atoms with van der Waals surface area (Å²) in [5.74, 6) is 0.813. The molecule has 146 valence electrons. The number of carbonyl (C=O) groups is 2. The SMILES string of the molecule is Cc1oc(C)c(C(=O)OCC(=O)Nc2c(C(C)C)cccc2C(C)C)c1C. The first-order valence-electron chi connectivity index (χ1n) is 9.29. The van der Waals surface area contributed by atoms with E-state index in [4.69, 9.17) is 9.15 Å². The Hall–Kier alpha value is -2.56. The van der Waals surface area contributed by atoms with Gasteiger partial charge in [-0.25, -0.2) is 4.79 Å². The molecule has 0 spiro atoms. The van der Waals surface area contributed by atoms with Crippen molar-refractivity contribution < 1.29 is 18.7 Å². The van der Waals surface area contributed by atoms with Crippen molar-refractivity contribution in [2.75, 3.05) is 11.9 Å². The van der Waals surface area contributed by atoms with E-state index >= 15 is 0 Å². The average Bonchev–Trinajstić information content (AvgIpc) is 2.84. The van der Waals surface area contributed by atoms with E-state index in [1.54, 1.807) is 20.8 Å². The lowest BCUT2D eigenvalue weighted by Gasteiger charge is -2.20. The van der Waals surface area contributed by atoms with Crippen molar-refractivity contribution in [3.8, 4) is 0 Å². The number of rotatable bonds is 6. The summed E-state index contributed by atoms with van der Waals surface area (Å²) in [7, 11) is 0. The van der Waals surface area contributed by atoms with Crippen molar-refractivity contribution in [2.24, 2.45) is 0 Å². The van der Waals surface area contributed by atoms with Crippen LogP contribution < -0.4 is 5.32 Å². The fraction of sp³-hybridized carbons (Fsp3) is 0.455. The number of para-hydroxylation sites is 1. The number of hydrogen-bond donors (Lipinski definition) is 1. The molecule has 2 aromatic rings. The fourth-order valence-corrected chi connectivity index (χ4v) is 3.17. The van der Waals surface area contributed by atoms with Crippen LogP contribution in [0.25, 0.3) is 0 Å². The van der Waals surface area contributed by atoms with Gasteiger partial charge in [0.25, 0.3) is 5.91 Å². The third-order valence-corrected chi connectivity index (χ3v) is 4.74. The first-order chi connectivity index (χ1) is 12.6. The summed E-state index contributed by atoms with van der Waals surface area (Å²) >= 11 is 0. The van der Waals surface area contributed by atoms with E-state index in [2.05, 4.69) is 33.0 Å². The number of amides is 1. The van der Waals surface area contributed by atoms with E-state index in [1.165, 1.54) is 0 Å². The standard InChI is InChI=1S/C22H29NO4/c1-12(2)17-9-8-10-18(13(3)4)21(17)23-19(24)11-26-22(25)20-14(5)15(6)27-16(20)7/h8-10,12-13H,11H2,1-7H3,(H,23,24). The molecule has 1 heterocycles. The quantitative estimate of drug-likeness (QED) is 0.704. The zero-order valence-corrected chi connectivity index (χ0v) is 17.2. The predicted molar refractivity (Wildman–Crippen MR) is 106 cm³/mol. The third-order valence-electron chi connectivity index (χ3n) is 4.74. The lowest BCUT2D eigenvalue weighted by atomic mass is 9.92. The molecule has 5 heteroatoms. The molecule has 0 saturated heterocycles. The van der Waals surface area contributed by atoms with Gasteiger partial charge in [0.05, 0.1) is 0 Å². The summed E-state index contributed by atoms with van der Waals surface area (Å²) in [5, 5.41) is 2.94. The maximum absolute atomic E-state index is 12.5. The summed E-state index contributed by atoms with van der Waals surface area (Å²) in [4.78, 5) is 24.8. The Morgan fingerprint density at radius 1 is 1.00 bits per heavy atom. The molecule has 1 amide bonds. The lowest BCUT2D eigenvalue weighted by molar-refractivity contribution is -0.119. The number of carbonyl (C=O) groups excluding carboxylic acids is 2. The Morgan fingerprint density at radius 2 is 1.56 bits per heavy atom. The van der Waals surface area contributed by atoms with E-state index in [-0.39, 0.29) is 24.3 Å². The first-order valence-corrected chi connectivity index (χ1v) is 9.29. The summed E-state index contributed by atoms with van der Waals surface area (Å²) < 4.78 is 10.7. The molecule has 0 aliphatic heterocycles. The van der Waals surface area contributed by atoms with Crippen LogP contribution >= 0.6 is 0 Å². The van der Waals surface area contributed by atoms with Crippen LogP contribution in [-0.2, 0) is 9.53 Å². The molecule has 5 nitrogen and oxygen atoms in total. The van der Waals surface area contributed by atoms with Crippen molar-refractivity contribution in [2.45, 2.75) is 60.3 Å². The van der Waals surface area contributed by atoms with Crippen molar-refractivity contribution in [3.63, 3.8) is 0 Å². The highest BCUT2D eigenvalue weighted by Crippen LogP contribution is 2.32. The molecule has 0 radical (unpaired) electrons. The van der Waals surface area contributed by atoms with E-state index in [9.17, 15) is 9.59 Å². The molecular weight excluding hydrogens is 342 g/mol. The van der Waals surface area contributed by atoms with Gasteiger partial charge in [0.15, 0.2) is 6.61 Å². The van der Waals surface area contributed by atoms with Crippen molar-refractivity contribution in [1.82, 2.24) is 0 Å². The fourth-order valence-electron chi connectivity index (χ4n) is 3.17. The smallest absolute Gasteiger partial charge is 0.342 e. The van der Waals surface area contributed by atoms with Crippen LogP contribution in [0.4, 0.5) is 5.69 Å². The topological polar surface area (TPSA) is 68.5 Å². The number of anilines is 1. The Bertz CT molecular complexity index is 820. The van der Waals surface area contributed by atoms with Gasteiger partial charge in [-0.05, 0) is 43.7 Å². The second kappa shape index (κ2) is 8.42. The Labute approximate surface area is 161 Å². The second-order valence-corrected chi connectivity index (χ2v) is 7.46. The molecule has 2 rings (SSSR count). The Balaban J connectivity index is 2.13. The minimum Gasteiger partial charge on any atom is -0.465 e. The number of benzene rings is 1. The normalized spacial score (nSPS) is 11.1. The number of esters is 1. The summed E-state index contributed by atoms with van der Waals surface area (Å²) in [6.07, 6.45) is 0. The number of aryl methyl sites for hydroxylation is 2. The third kappa shape index (κ3) is 4.59.